The largest absolute Gasteiger partial charge is 0.351 e. The lowest BCUT2D eigenvalue weighted by atomic mass is 10.1. The molecule has 0 bridgehead atoms. The third-order valence-corrected chi connectivity index (χ3v) is 3.40. The predicted octanol–water partition coefficient (Wildman–Crippen LogP) is 1.31. The molecule has 0 aliphatic rings. The monoisotopic (exact) mass is 307 g/mol. The van der Waals surface area contributed by atoms with E-state index in [2.05, 4.69) is 15.7 Å². The van der Waals surface area contributed by atoms with Gasteiger partial charge >= 0.3 is 5.69 Å². The van der Waals surface area contributed by atoms with Crippen LogP contribution in [-0.2, 0) is 6.42 Å². The number of nitro benzene ring substituents is 1. The number of aromatic nitrogens is 1. The maximum Gasteiger partial charge on any atom is 0.306 e. The Bertz CT molecular complexity index is 644. The summed E-state index contributed by atoms with van der Waals surface area (Å²) in [6, 6.07) is 4.35. The van der Waals surface area contributed by atoms with Gasteiger partial charge in [0.1, 0.15) is 11.3 Å². The molecule has 0 atom stereocenters. The fourth-order valence-electron chi connectivity index (χ4n) is 1.80. The minimum absolute atomic E-state index is 0.0336. The lowest BCUT2D eigenvalue weighted by molar-refractivity contribution is -0.384. The van der Waals surface area contributed by atoms with Crippen molar-refractivity contribution in [2.45, 2.75) is 6.42 Å². The number of hydrogen-bond acceptors (Lipinski definition) is 7. The van der Waals surface area contributed by atoms with E-state index < -0.39 is 10.8 Å². The van der Waals surface area contributed by atoms with Crippen molar-refractivity contribution in [2.75, 3.05) is 12.0 Å². The normalized spacial score (nSPS) is 10.1. The molecule has 0 aliphatic heterocycles. The van der Waals surface area contributed by atoms with E-state index in [9.17, 15) is 14.9 Å². The molecule has 0 saturated heterocycles. The van der Waals surface area contributed by atoms with Crippen LogP contribution in [0.2, 0.25) is 0 Å². The Kier molecular flexibility index (Phi) is 4.80. The lowest BCUT2D eigenvalue weighted by Gasteiger charge is -2.08. The number of anilines is 1. The zero-order chi connectivity index (χ0) is 15.2. The first-order chi connectivity index (χ1) is 10.1. The van der Waals surface area contributed by atoms with E-state index in [4.69, 9.17) is 5.84 Å². The summed E-state index contributed by atoms with van der Waals surface area (Å²) in [6.07, 6.45) is 0.567. The molecule has 0 spiro atoms. The van der Waals surface area contributed by atoms with E-state index >= 15 is 0 Å². The third kappa shape index (κ3) is 3.52. The second-order valence-electron chi connectivity index (χ2n) is 4.09. The molecular weight excluding hydrogens is 294 g/mol. The molecule has 1 aromatic carbocycles. The average Bonchev–Trinajstić information content (AvgIpc) is 2.99. The van der Waals surface area contributed by atoms with Crippen molar-refractivity contribution < 1.29 is 9.72 Å². The van der Waals surface area contributed by atoms with Gasteiger partial charge in [-0.3, -0.25) is 20.8 Å². The molecule has 2 aromatic rings. The number of carbonyl (C=O) groups is 1. The summed E-state index contributed by atoms with van der Waals surface area (Å²) in [5.74, 6) is 4.71. The lowest BCUT2D eigenvalue weighted by Crippen LogP contribution is -2.27. The number of nitrogens with zero attached hydrogens (tertiary/aromatic N) is 2. The average molecular weight is 307 g/mol. The van der Waals surface area contributed by atoms with Gasteiger partial charge in [0.05, 0.1) is 16.1 Å². The highest BCUT2D eigenvalue weighted by atomic mass is 32.1. The Morgan fingerprint density at radius 2 is 2.29 bits per heavy atom. The molecule has 0 unspecified atom stereocenters. The van der Waals surface area contributed by atoms with Gasteiger partial charge in [0.2, 0.25) is 0 Å². The fourth-order valence-corrected chi connectivity index (χ4v) is 2.39. The molecule has 0 radical (unpaired) electrons. The smallest absolute Gasteiger partial charge is 0.306 e. The van der Waals surface area contributed by atoms with Gasteiger partial charge in [-0.1, -0.05) is 6.07 Å². The van der Waals surface area contributed by atoms with Crippen molar-refractivity contribution >= 4 is 28.6 Å². The minimum atomic E-state index is -0.634. The molecule has 0 saturated carbocycles. The van der Waals surface area contributed by atoms with Gasteiger partial charge in [-0.05, 0) is 12.1 Å². The second-order valence-corrected chi connectivity index (χ2v) is 4.81. The Labute approximate surface area is 124 Å². The van der Waals surface area contributed by atoms with E-state index in [0.717, 1.165) is 5.69 Å². The Hall–Kier alpha value is -2.52. The number of nitrogens with one attached hydrogen (secondary N) is 2. The Morgan fingerprint density at radius 3 is 2.90 bits per heavy atom. The van der Waals surface area contributed by atoms with Crippen LogP contribution in [0.5, 0.6) is 0 Å². The van der Waals surface area contributed by atoms with Crippen LogP contribution in [0.4, 0.5) is 11.4 Å². The molecule has 21 heavy (non-hydrogen) atoms. The molecule has 4 N–H and O–H groups in total. The molecule has 8 nitrogen and oxygen atoms in total. The van der Waals surface area contributed by atoms with Crippen LogP contribution in [0.3, 0.4) is 0 Å². The van der Waals surface area contributed by atoms with Crippen molar-refractivity contribution in [3.63, 3.8) is 0 Å². The summed E-state index contributed by atoms with van der Waals surface area (Å²) in [5, 5.41) is 15.6. The molecule has 9 heteroatoms. The maximum atomic E-state index is 12.1. The number of carbonyl (C=O) groups excluding carboxylic acids is 1. The second kappa shape index (κ2) is 6.77. The number of rotatable bonds is 6. The van der Waals surface area contributed by atoms with E-state index in [1.54, 1.807) is 5.51 Å². The van der Waals surface area contributed by atoms with Crippen LogP contribution in [0.1, 0.15) is 16.1 Å². The van der Waals surface area contributed by atoms with Crippen molar-refractivity contribution in [3.8, 4) is 0 Å². The molecular formula is C12H13N5O3S. The van der Waals surface area contributed by atoms with E-state index in [0.29, 0.717) is 13.0 Å². The van der Waals surface area contributed by atoms with Crippen molar-refractivity contribution in [1.29, 1.82) is 0 Å². The number of hydrogen-bond donors (Lipinski definition) is 3. The van der Waals surface area contributed by atoms with Crippen LogP contribution < -0.4 is 16.6 Å². The van der Waals surface area contributed by atoms with Crippen molar-refractivity contribution in [2.24, 2.45) is 5.84 Å². The Balaban J connectivity index is 2.10. The summed E-state index contributed by atoms with van der Waals surface area (Å²) >= 11 is 1.47. The molecule has 1 aromatic heterocycles. The van der Waals surface area contributed by atoms with Gasteiger partial charge in [0.25, 0.3) is 5.91 Å². The predicted molar refractivity (Wildman–Crippen MR) is 79.1 cm³/mol. The highest BCUT2D eigenvalue weighted by Gasteiger charge is 2.23. The van der Waals surface area contributed by atoms with Gasteiger partial charge in [-0.2, -0.15) is 0 Å². The van der Waals surface area contributed by atoms with Crippen LogP contribution in [-0.4, -0.2) is 22.4 Å². The van der Waals surface area contributed by atoms with E-state index in [-0.39, 0.29) is 16.9 Å². The number of nitrogen functional groups attached to an aromatic ring is 1. The van der Waals surface area contributed by atoms with Crippen LogP contribution in [0.25, 0.3) is 0 Å². The van der Waals surface area contributed by atoms with E-state index in [1.807, 2.05) is 5.38 Å². The number of nitro groups is 1. The van der Waals surface area contributed by atoms with E-state index in [1.165, 1.54) is 29.5 Å². The first-order valence-electron chi connectivity index (χ1n) is 6.02. The zero-order valence-corrected chi connectivity index (χ0v) is 11.7. The topological polar surface area (TPSA) is 123 Å². The summed E-state index contributed by atoms with van der Waals surface area (Å²) in [5.41, 5.74) is 4.51. The number of hydrazine groups is 1. The van der Waals surface area contributed by atoms with Crippen LogP contribution in [0, 0.1) is 10.1 Å². The summed E-state index contributed by atoms with van der Waals surface area (Å²) in [4.78, 5) is 26.6. The summed E-state index contributed by atoms with van der Waals surface area (Å²) in [6.45, 7) is 0.347. The fraction of sp³-hybridized carbons (Fsp3) is 0.167. The minimum Gasteiger partial charge on any atom is -0.351 e. The molecule has 2 rings (SSSR count). The van der Waals surface area contributed by atoms with Gasteiger partial charge in [-0.25, -0.2) is 4.98 Å². The zero-order valence-electron chi connectivity index (χ0n) is 10.9. The highest BCUT2D eigenvalue weighted by Crippen LogP contribution is 2.27. The van der Waals surface area contributed by atoms with Gasteiger partial charge in [0, 0.05) is 18.3 Å². The van der Waals surface area contributed by atoms with Crippen LogP contribution in [0.15, 0.2) is 29.1 Å². The number of amides is 1. The Morgan fingerprint density at radius 1 is 1.48 bits per heavy atom. The number of para-hydroxylation sites is 1. The molecule has 110 valence electrons. The van der Waals surface area contributed by atoms with Crippen molar-refractivity contribution in [1.82, 2.24) is 10.3 Å². The number of thiazole rings is 1. The number of benzene rings is 1. The first kappa shape index (κ1) is 14.9. The van der Waals surface area contributed by atoms with Gasteiger partial charge in [0.15, 0.2) is 0 Å². The molecule has 1 amide bonds. The molecule has 1 heterocycles. The highest BCUT2D eigenvalue weighted by molar-refractivity contribution is 7.07. The number of nitrogens with two attached hydrogens (primary N) is 1. The maximum absolute atomic E-state index is 12.1. The first-order valence-corrected chi connectivity index (χ1v) is 6.97. The summed E-state index contributed by atoms with van der Waals surface area (Å²) < 4.78 is 0. The van der Waals surface area contributed by atoms with Crippen molar-refractivity contribution in [3.05, 3.63) is 50.5 Å². The molecule has 0 aliphatic carbocycles. The summed E-state index contributed by atoms with van der Waals surface area (Å²) in [7, 11) is 0. The van der Waals surface area contributed by atoms with Gasteiger partial charge in [-0.15, -0.1) is 11.3 Å². The van der Waals surface area contributed by atoms with Gasteiger partial charge < -0.3 is 10.7 Å². The third-order valence-electron chi connectivity index (χ3n) is 2.77. The SMILES string of the molecule is NNc1cccc(C(=O)NCCc2cscn2)c1[N+](=O)[O-]. The quantitative estimate of drug-likeness (QED) is 0.420. The standard InChI is InChI=1S/C12H13N5O3S/c13-16-10-3-1-2-9(11(10)17(19)20)12(18)14-5-4-8-6-21-7-15-8/h1-3,6-7,16H,4-5,13H2,(H,14,18). The molecule has 0 fully saturated rings. The van der Waals surface area contributed by atoms with Crippen LogP contribution >= 0.6 is 11.3 Å².